The molecule has 2 aliphatic rings. The zero-order valence-electron chi connectivity index (χ0n) is 15.2. The molecule has 0 bridgehead atoms. The normalized spacial score (nSPS) is 16.9. The number of H-pyrrole nitrogens is 1. The summed E-state index contributed by atoms with van der Waals surface area (Å²) >= 11 is 0. The van der Waals surface area contributed by atoms with Gasteiger partial charge in [-0.25, -0.2) is 10.0 Å². The Balaban J connectivity index is 1.34. The molecule has 3 N–H and O–H groups in total. The van der Waals surface area contributed by atoms with Crippen LogP contribution in [0.2, 0.25) is 0 Å². The van der Waals surface area contributed by atoms with Crippen LogP contribution in [0.5, 0.6) is 0 Å². The molecular formula is C18H25N7O. The van der Waals surface area contributed by atoms with Gasteiger partial charge in [0, 0.05) is 29.6 Å². The average molecular weight is 355 g/mol. The summed E-state index contributed by atoms with van der Waals surface area (Å²) in [5.74, 6) is 3.25. The van der Waals surface area contributed by atoms with E-state index in [2.05, 4.69) is 50.7 Å². The summed E-state index contributed by atoms with van der Waals surface area (Å²) in [6, 6.07) is 3.84. The molecule has 2 aromatic heterocycles. The van der Waals surface area contributed by atoms with Gasteiger partial charge in [0.1, 0.15) is 12.5 Å². The zero-order valence-corrected chi connectivity index (χ0v) is 15.2. The van der Waals surface area contributed by atoms with E-state index in [1.165, 1.54) is 18.5 Å². The number of hydroxylamine groups is 2. The number of anilines is 3. The number of hydrogen-bond acceptors (Lipinski definition) is 7. The molecule has 8 nitrogen and oxygen atoms in total. The fourth-order valence-corrected chi connectivity index (χ4v) is 3.03. The van der Waals surface area contributed by atoms with E-state index < -0.39 is 0 Å². The van der Waals surface area contributed by atoms with Crippen molar-refractivity contribution in [1.29, 1.82) is 0 Å². The maximum Gasteiger partial charge on any atom is 0.226 e. The molecule has 0 saturated heterocycles. The van der Waals surface area contributed by atoms with Crippen LogP contribution in [0.3, 0.4) is 0 Å². The molecule has 3 heterocycles. The third kappa shape index (κ3) is 4.13. The van der Waals surface area contributed by atoms with E-state index in [1.807, 2.05) is 17.2 Å². The van der Waals surface area contributed by atoms with Gasteiger partial charge in [0.25, 0.3) is 0 Å². The molecule has 138 valence electrons. The Hall–Kier alpha value is -2.61. The zero-order chi connectivity index (χ0) is 17.9. The third-order valence-corrected chi connectivity index (χ3v) is 4.36. The van der Waals surface area contributed by atoms with Crippen molar-refractivity contribution < 1.29 is 4.84 Å². The minimum absolute atomic E-state index is 0.534. The topological polar surface area (TPSA) is 91.0 Å². The Morgan fingerprint density at radius 1 is 1.35 bits per heavy atom. The van der Waals surface area contributed by atoms with Crippen LogP contribution in [0, 0.1) is 11.8 Å². The first-order valence-corrected chi connectivity index (χ1v) is 9.16. The molecule has 2 aromatic rings. The molecule has 26 heavy (non-hydrogen) atoms. The van der Waals surface area contributed by atoms with Gasteiger partial charge in [-0.1, -0.05) is 13.8 Å². The second-order valence-electron chi connectivity index (χ2n) is 7.18. The highest BCUT2D eigenvalue weighted by Gasteiger charge is 2.32. The van der Waals surface area contributed by atoms with Gasteiger partial charge in [-0.15, -0.1) is 0 Å². The lowest BCUT2D eigenvalue weighted by molar-refractivity contribution is -0.0972. The Bertz CT molecular complexity index is 781. The first-order chi connectivity index (χ1) is 12.7. The van der Waals surface area contributed by atoms with Crippen LogP contribution in [0.15, 0.2) is 30.1 Å². The van der Waals surface area contributed by atoms with Gasteiger partial charge in [0.2, 0.25) is 5.95 Å². The summed E-state index contributed by atoms with van der Waals surface area (Å²) in [5, 5.41) is 15.7. The van der Waals surface area contributed by atoms with Gasteiger partial charge in [0.05, 0.1) is 6.61 Å². The molecule has 8 heteroatoms. The van der Waals surface area contributed by atoms with Gasteiger partial charge < -0.3 is 10.6 Å². The second-order valence-corrected chi connectivity index (χ2v) is 7.18. The Labute approximate surface area is 153 Å². The predicted octanol–water partition coefficient (Wildman–Crippen LogP) is 3.05. The minimum Gasteiger partial charge on any atom is -0.334 e. The third-order valence-electron chi connectivity index (χ3n) is 4.36. The van der Waals surface area contributed by atoms with Crippen LogP contribution in [-0.4, -0.2) is 38.5 Å². The lowest BCUT2D eigenvalue weighted by Gasteiger charge is -2.21. The van der Waals surface area contributed by atoms with Gasteiger partial charge in [0.15, 0.2) is 5.82 Å². The highest BCUT2D eigenvalue weighted by atomic mass is 16.7. The molecule has 1 saturated carbocycles. The smallest absolute Gasteiger partial charge is 0.226 e. The molecule has 0 atom stereocenters. The number of aromatic nitrogens is 4. The van der Waals surface area contributed by atoms with Gasteiger partial charge >= 0.3 is 0 Å². The van der Waals surface area contributed by atoms with Crippen LogP contribution in [0.25, 0.3) is 0 Å². The van der Waals surface area contributed by atoms with E-state index in [0.717, 1.165) is 17.9 Å². The van der Waals surface area contributed by atoms with E-state index in [4.69, 9.17) is 4.84 Å². The Kier molecular flexibility index (Phi) is 4.75. The average Bonchev–Trinajstić information content (AvgIpc) is 3.19. The first kappa shape index (κ1) is 16.8. The van der Waals surface area contributed by atoms with Crippen LogP contribution in [-0.2, 0) is 11.3 Å². The largest absolute Gasteiger partial charge is 0.334 e. The van der Waals surface area contributed by atoms with E-state index in [9.17, 15) is 0 Å². The number of nitrogens with zero attached hydrogens (tertiary/aromatic N) is 4. The van der Waals surface area contributed by atoms with Gasteiger partial charge in [-0.05, 0) is 37.3 Å². The summed E-state index contributed by atoms with van der Waals surface area (Å²) in [4.78, 5) is 14.4. The lowest BCUT2D eigenvalue weighted by Crippen LogP contribution is -2.27. The predicted molar refractivity (Wildman–Crippen MR) is 99.5 cm³/mol. The molecule has 1 fully saturated rings. The van der Waals surface area contributed by atoms with E-state index >= 15 is 0 Å². The van der Waals surface area contributed by atoms with Crippen molar-refractivity contribution in [3.63, 3.8) is 0 Å². The highest BCUT2D eigenvalue weighted by molar-refractivity contribution is 5.52. The lowest BCUT2D eigenvalue weighted by atomic mass is 10.1. The second kappa shape index (κ2) is 7.33. The number of aromatic amines is 1. The maximum absolute atomic E-state index is 5.64. The SMILES string of the molecule is CC(C)Cc1cc(Nc2ccnc(NCN3OCC=C3C3CC3)n2)n[nH]1. The van der Waals surface area contributed by atoms with Crippen molar-refractivity contribution in [2.75, 3.05) is 23.9 Å². The van der Waals surface area contributed by atoms with Crippen molar-refractivity contribution in [2.45, 2.75) is 33.1 Å². The van der Waals surface area contributed by atoms with E-state index in [0.29, 0.717) is 36.9 Å². The summed E-state index contributed by atoms with van der Waals surface area (Å²) in [6.07, 6.45) is 7.36. The molecule has 4 rings (SSSR count). The van der Waals surface area contributed by atoms with Crippen molar-refractivity contribution in [2.24, 2.45) is 11.8 Å². The minimum atomic E-state index is 0.534. The van der Waals surface area contributed by atoms with E-state index in [-0.39, 0.29) is 0 Å². The summed E-state index contributed by atoms with van der Waals surface area (Å²) in [5.41, 5.74) is 2.39. The molecule has 0 radical (unpaired) electrons. The van der Waals surface area contributed by atoms with Crippen molar-refractivity contribution in [3.8, 4) is 0 Å². The maximum atomic E-state index is 5.64. The summed E-state index contributed by atoms with van der Waals surface area (Å²) in [6.45, 7) is 5.55. The van der Waals surface area contributed by atoms with E-state index in [1.54, 1.807) is 6.20 Å². The monoisotopic (exact) mass is 355 g/mol. The fraction of sp³-hybridized carbons (Fsp3) is 0.500. The number of nitrogens with one attached hydrogen (secondary N) is 3. The summed E-state index contributed by atoms with van der Waals surface area (Å²) < 4.78 is 0. The number of allylic oxidation sites excluding steroid dienone is 1. The fourth-order valence-electron chi connectivity index (χ4n) is 3.03. The van der Waals surface area contributed by atoms with Crippen molar-refractivity contribution >= 4 is 17.6 Å². The van der Waals surface area contributed by atoms with Crippen molar-refractivity contribution in [1.82, 2.24) is 25.2 Å². The molecule has 0 spiro atoms. The first-order valence-electron chi connectivity index (χ1n) is 9.16. The van der Waals surface area contributed by atoms with Crippen molar-refractivity contribution in [3.05, 3.63) is 35.8 Å². The van der Waals surface area contributed by atoms with Gasteiger partial charge in [-0.2, -0.15) is 10.1 Å². The standard InChI is InChI=1S/C18H25N7O/c1-12(2)9-14-10-17(24-23-14)21-16-5-7-19-18(22-16)20-11-25-15(6-8-26-25)13-3-4-13/h5-7,10,12-13H,3-4,8-9,11H2,1-2H3,(H3,19,20,21,22,23,24). The molecule has 1 aliphatic carbocycles. The van der Waals surface area contributed by atoms with Gasteiger partial charge in [-0.3, -0.25) is 9.94 Å². The van der Waals surface area contributed by atoms with Crippen LogP contribution in [0.1, 0.15) is 32.4 Å². The Morgan fingerprint density at radius 3 is 3.04 bits per heavy atom. The number of rotatable bonds is 8. The quantitative estimate of drug-likeness (QED) is 0.670. The van der Waals surface area contributed by atoms with Crippen LogP contribution in [0.4, 0.5) is 17.6 Å². The van der Waals surface area contributed by atoms with Crippen LogP contribution >= 0.6 is 0 Å². The summed E-state index contributed by atoms with van der Waals surface area (Å²) in [7, 11) is 0. The molecule has 0 unspecified atom stereocenters. The molecule has 1 aliphatic heterocycles. The Morgan fingerprint density at radius 2 is 2.23 bits per heavy atom. The molecular weight excluding hydrogens is 330 g/mol. The number of hydrogen-bond donors (Lipinski definition) is 3. The highest BCUT2D eigenvalue weighted by Crippen LogP contribution is 2.39. The van der Waals surface area contributed by atoms with Crippen LogP contribution < -0.4 is 10.6 Å². The molecule has 0 amide bonds. The molecule has 0 aromatic carbocycles.